The molecular weight excluding hydrogens is 653 g/mol. The zero-order chi connectivity index (χ0) is 28.2. The van der Waals surface area contributed by atoms with E-state index in [1.807, 2.05) is 63.9 Å². The fraction of sp³-hybridized carbons (Fsp3) is 0.462. The maximum absolute atomic E-state index is 5.52. The first-order chi connectivity index (χ1) is 19.6. The molecule has 2 heterocycles. The molecule has 4 rings (SSSR count). The number of benzene rings is 2. The average Bonchev–Trinajstić information content (AvgIpc) is 3.62. The van der Waals surface area contributed by atoms with Gasteiger partial charge in [0, 0.05) is 51.8 Å². The van der Waals surface area contributed by atoms with E-state index in [2.05, 4.69) is 48.5 Å². The fourth-order valence-electron chi connectivity index (χ4n) is 4.28. The molecule has 0 radical (unpaired) electrons. The van der Waals surface area contributed by atoms with Crippen LogP contribution in [0.3, 0.4) is 0 Å². The molecular formula is C26H36N2O4S6Si2. The van der Waals surface area contributed by atoms with Crippen LogP contribution in [0.15, 0.2) is 48.5 Å². The lowest BCUT2D eigenvalue weighted by Crippen LogP contribution is -2.23. The molecule has 14 heteroatoms. The molecule has 0 saturated carbocycles. The molecule has 2 aromatic carbocycles. The van der Waals surface area contributed by atoms with Gasteiger partial charge in [-0.05, 0) is 56.0 Å². The summed E-state index contributed by atoms with van der Waals surface area (Å²) in [6, 6.07) is 19.1. The minimum atomic E-state index is -0.549. The summed E-state index contributed by atoms with van der Waals surface area (Å²) in [6.45, 7) is 0. The van der Waals surface area contributed by atoms with E-state index in [0.29, 0.717) is 11.8 Å². The molecule has 40 heavy (non-hydrogen) atoms. The fourth-order valence-corrected chi connectivity index (χ4v) is 17.5. The van der Waals surface area contributed by atoms with Gasteiger partial charge in [-0.3, -0.25) is 0 Å². The van der Waals surface area contributed by atoms with E-state index >= 15 is 0 Å². The third kappa shape index (κ3) is 9.71. The second kappa shape index (κ2) is 17.9. The molecule has 2 aromatic heterocycles. The highest BCUT2D eigenvalue weighted by molar-refractivity contribution is 9.26. The van der Waals surface area contributed by atoms with Crippen LogP contribution >= 0.6 is 63.9 Å². The van der Waals surface area contributed by atoms with E-state index in [0.717, 1.165) is 34.6 Å². The molecule has 4 aromatic rings. The van der Waals surface area contributed by atoms with Crippen molar-refractivity contribution in [3.63, 3.8) is 0 Å². The van der Waals surface area contributed by atoms with Gasteiger partial charge >= 0.3 is 0 Å². The number of hydrogen-bond donors (Lipinski definition) is 0. The van der Waals surface area contributed by atoms with Gasteiger partial charge in [-0.1, -0.05) is 45.9 Å². The highest BCUT2D eigenvalue weighted by atomic mass is 33.7. The number of hydrogen-bond acceptors (Lipinski definition) is 12. The molecule has 2 atom stereocenters. The Morgan fingerprint density at radius 2 is 1.05 bits per heavy atom. The second-order valence-electron chi connectivity index (χ2n) is 9.10. The molecule has 2 unspecified atom stereocenters. The van der Waals surface area contributed by atoms with E-state index in [9.17, 15) is 0 Å². The molecule has 0 aliphatic rings. The van der Waals surface area contributed by atoms with Crippen molar-refractivity contribution in [3.8, 4) is 0 Å². The van der Waals surface area contributed by atoms with Crippen molar-refractivity contribution in [2.45, 2.75) is 35.8 Å². The number of ether oxygens (including phenoxy) is 4. The first-order valence-electron chi connectivity index (χ1n) is 13.0. The van der Waals surface area contributed by atoms with Gasteiger partial charge in [0.2, 0.25) is 0 Å². The quantitative estimate of drug-likeness (QED) is 0.0456. The van der Waals surface area contributed by atoms with Gasteiger partial charge in [0.25, 0.3) is 0 Å². The predicted octanol–water partition coefficient (Wildman–Crippen LogP) is 6.78. The van der Waals surface area contributed by atoms with E-state index in [4.69, 9.17) is 28.9 Å². The Labute approximate surface area is 264 Å². The number of aromatic nitrogens is 2. The van der Waals surface area contributed by atoms with Crippen molar-refractivity contribution in [1.29, 1.82) is 0 Å². The maximum Gasteiger partial charge on any atom is 0.134 e. The van der Waals surface area contributed by atoms with Crippen molar-refractivity contribution in [2.24, 2.45) is 0 Å². The normalized spacial score (nSPS) is 14.2. The first-order valence-corrected chi connectivity index (χ1v) is 23.5. The lowest BCUT2D eigenvalue weighted by atomic mass is 10.2. The van der Waals surface area contributed by atoms with E-state index in [-0.39, 0.29) is 11.8 Å². The predicted molar refractivity (Wildman–Crippen MR) is 187 cm³/mol. The first kappa shape index (κ1) is 32.8. The number of methoxy groups -OCH3 is 4. The molecule has 0 bridgehead atoms. The van der Waals surface area contributed by atoms with Gasteiger partial charge in [-0.25, -0.2) is 9.97 Å². The summed E-state index contributed by atoms with van der Waals surface area (Å²) in [5, 5.41) is 2.47. The van der Waals surface area contributed by atoms with Crippen LogP contribution in [0.1, 0.15) is 21.9 Å². The summed E-state index contributed by atoms with van der Waals surface area (Å²) < 4.78 is 24.6. The molecule has 218 valence electrons. The van der Waals surface area contributed by atoms with Gasteiger partial charge in [0.05, 0.1) is 49.5 Å². The van der Waals surface area contributed by atoms with Crippen molar-refractivity contribution in [2.75, 3.05) is 39.9 Å². The molecule has 0 saturated heterocycles. The topological polar surface area (TPSA) is 62.7 Å². The minimum absolute atomic E-state index is 0.0433. The van der Waals surface area contributed by atoms with Crippen molar-refractivity contribution < 1.29 is 18.9 Å². The van der Waals surface area contributed by atoms with Gasteiger partial charge in [0.1, 0.15) is 11.8 Å². The molecule has 0 fully saturated rings. The molecule has 0 amide bonds. The summed E-state index contributed by atoms with van der Waals surface area (Å²) in [6.07, 6.45) is 0. The number of thiazole rings is 2. The number of rotatable bonds is 19. The highest BCUT2D eigenvalue weighted by Gasteiger charge is 2.22. The third-order valence-corrected chi connectivity index (χ3v) is 19.9. The number of nitrogens with zero attached hydrogens (tertiary/aromatic N) is 2. The third-order valence-electron chi connectivity index (χ3n) is 6.54. The molecule has 0 N–H and O–H groups in total. The van der Waals surface area contributed by atoms with Crippen LogP contribution in [0, 0.1) is 0 Å². The Morgan fingerprint density at radius 1 is 0.650 bits per heavy atom. The average molecular weight is 689 g/mol. The largest absolute Gasteiger partial charge is 0.360 e. The van der Waals surface area contributed by atoms with Crippen LogP contribution in [0.4, 0.5) is 0 Å². The van der Waals surface area contributed by atoms with Crippen molar-refractivity contribution in [1.82, 2.24) is 9.97 Å². The zero-order valence-corrected chi connectivity index (χ0v) is 30.9. The Hall–Kier alpha value is -0.106. The van der Waals surface area contributed by atoms with Crippen molar-refractivity contribution >= 4 is 103 Å². The van der Waals surface area contributed by atoms with Crippen LogP contribution in [0.5, 0.6) is 0 Å². The lowest BCUT2D eigenvalue weighted by Gasteiger charge is -2.18. The van der Waals surface area contributed by atoms with Gasteiger partial charge in [-0.15, -0.1) is 22.7 Å². The second-order valence-corrected chi connectivity index (χ2v) is 21.0. The van der Waals surface area contributed by atoms with Crippen LogP contribution < -0.4 is 0 Å². The van der Waals surface area contributed by atoms with Crippen LogP contribution in [-0.4, -0.2) is 80.8 Å². The van der Waals surface area contributed by atoms with Gasteiger partial charge in [0.15, 0.2) is 0 Å². The van der Waals surface area contributed by atoms with Gasteiger partial charge < -0.3 is 18.9 Å². The Bertz CT molecular complexity index is 1130. The Morgan fingerprint density at radius 3 is 1.43 bits per heavy atom. The lowest BCUT2D eigenvalue weighted by molar-refractivity contribution is -0.0443. The number of fused-ring (bicyclic) bond motifs is 2. The Balaban J connectivity index is 1.31. The molecule has 0 spiro atoms. The summed E-state index contributed by atoms with van der Waals surface area (Å²) in [5.74, 6) is 2.81. The Kier molecular flexibility index (Phi) is 14.7. The highest BCUT2D eigenvalue weighted by Crippen LogP contribution is 2.47. The summed E-state index contributed by atoms with van der Waals surface area (Å²) in [4.78, 5) is 9.97. The number of para-hydroxylation sites is 2. The zero-order valence-electron chi connectivity index (χ0n) is 23.1. The van der Waals surface area contributed by atoms with Gasteiger partial charge in [-0.2, -0.15) is 0 Å². The monoisotopic (exact) mass is 688 g/mol. The standard InChI is InChI=1S/C26H36N2O4S6Si2/c1-29-25(30-2)39-15-17(23-27-19-9-5-7-11-21(19)35-23)13-33-37-38-34-14-18(16-40-26(31-3)32-4)24-28-20-10-6-8-12-22(20)36-24/h5-12,17-18,25-26H,13-16,39-40H2,1-4H3. The van der Waals surface area contributed by atoms with Crippen LogP contribution in [-0.2, 0) is 18.9 Å². The van der Waals surface area contributed by atoms with Crippen LogP contribution in [0.2, 0.25) is 12.1 Å². The maximum atomic E-state index is 5.52. The smallest absolute Gasteiger partial charge is 0.134 e. The van der Waals surface area contributed by atoms with E-state index in [1.54, 1.807) is 28.4 Å². The summed E-state index contributed by atoms with van der Waals surface area (Å²) in [5.41, 5.74) is 2.20. The summed E-state index contributed by atoms with van der Waals surface area (Å²) >= 11 is 3.66. The molecule has 0 aliphatic heterocycles. The van der Waals surface area contributed by atoms with Crippen molar-refractivity contribution in [3.05, 3.63) is 58.5 Å². The SMILES string of the molecule is COC(OC)[SiH2]CC(CSSSSCC(C[SiH2]C(OC)OC)c1nc2ccccc2s1)c1nc2ccccc2s1. The summed E-state index contributed by atoms with van der Waals surface area (Å²) in [7, 11) is 13.5. The molecule has 0 aliphatic carbocycles. The van der Waals surface area contributed by atoms with E-state index < -0.39 is 19.0 Å². The minimum Gasteiger partial charge on any atom is -0.360 e. The van der Waals surface area contributed by atoms with Crippen LogP contribution in [0.25, 0.3) is 20.4 Å². The molecule has 6 nitrogen and oxygen atoms in total. The van der Waals surface area contributed by atoms with E-state index in [1.165, 1.54) is 19.4 Å².